The Labute approximate surface area is 124 Å². The number of thiocarbonyl (C=S) groups is 1. The molecule has 0 aliphatic heterocycles. The Morgan fingerprint density at radius 2 is 2.20 bits per heavy atom. The number of rotatable bonds is 6. The Morgan fingerprint density at radius 3 is 3.00 bits per heavy atom. The van der Waals surface area contributed by atoms with E-state index in [1.807, 2.05) is 13.0 Å². The number of methoxy groups -OCH3 is 1. The topological polar surface area (TPSA) is 49.1 Å². The summed E-state index contributed by atoms with van der Waals surface area (Å²) in [5, 5.41) is 8.37. The first-order chi connectivity index (χ1) is 9.70. The fourth-order valence-corrected chi connectivity index (χ4v) is 2.52. The highest BCUT2D eigenvalue weighted by Crippen LogP contribution is 2.17. The molecule has 0 fully saturated rings. The van der Waals surface area contributed by atoms with Crippen molar-refractivity contribution in [1.29, 1.82) is 0 Å². The third kappa shape index (κ3) is 3.95. The van der Waals surface area contributed by atoms with Gasteiger partial charge in [-0.3, -0.25) is 0 Å². The first kappa shape index (κ1) is 14.8. The minimum Gasteiger partial charge on any atom is -0.383 e. The molecule has 0 bridgehead atoms. The van der Waals surface area contributed by atoms with Crippen molar-refractivity contribution in [3.63, 3.8) is 0 Å². The zero-order valence-electron chi connectivity index (χ0n) is 11.9. The quantitative estimate of drug-likeness (QED) is 0.714. The van der Waals surface area contributed by atoms with Gasteiger partial charge in [0.05, 0.1) is 6.61 Å². The van der Waals surface area contributed by atoms with E-state index in [9.17, 15) is 0 Å². The number of aromatic amines is 1. The highest BCUT2D eigenvalue weighted by atomic mass is 32.1. The van der Waals surface area contributed by atoms with Crippen LogP contribution in [0.15, 0.2) is 30.5 Å². The molecule has 108 valence electrons. The largest absolute Gasteiger partial charge is 0.383 e. The molecule has 1 unspecified atom stereocenters. The van der Waals surface area contributed by atoms with Gasteiger partial charge in [-0.1, -0.05) is 18.2 Å². The fraction of sp³-hybridized carbons (Fsp3) is 0.400. The molecule has 2 rings (SSSR count). The van der Waals surface area contributed by atoms with Gasteiger partial charge in [-0.15, -0.1) is 0 Å². The highest BCUT2D eigenvalue weighted by molar-refractivity contribution is 7.80. The molecule has 0 radical (unpaired) electrons. The van der Waals surface area contributed by atoms with Crippen molar-refractivity contribution >= 4 is 28.2 Å². The Morgan fingerprint density at radius 1 is 1.40 bits per heavy atom. The molecule has 0 saturated heterocycles. The number of hydrogen-bond acceptors (Lipinski definition) is 2. The lowest BCUT2D eigenvalue weighted by Crippen LogP contribution is -2.43. The van der Waals surface area contributed by atoms with Crippen molar-refractivity contribution in [1.82, 2.24) is 15.6 Å². The SMILES string of the molecule is COCC(C)NC(=S)NCCc1c[nH]c2ccccc12. The maximum atomic E-state index is 5.25. The van der Waals surface area contributed by atoms with Crippen molar-refractivity contribution < 1.29 is 4.74 Å². The predicted octanol–water partition coefficient (Wildman–Crippen LogP) is 2.21. The molecule has 0 amide bonds. The van der Waals surface area contributed by atoms with E-state index in [2.05, 4.69) is 40.0 Å². The number of aromatic nitrogens is 1. The number of ether oxygens (including phenoxy) is 1. The molecule has 1 atom stereocenters. The number of hydrogen-bond donors (Lipinski definition) is 3. The van der Waals surface area contributed by atoms with Gasteiger partial charge in [-0.2, -0.15) is 0 Å². The molecule has 2 aromatic rings. The molecule has 1 heterocycles. The molecule has 1 aromatic carbocycles. The molecule has 0 aliphatic carbocycles. The van der Waals surface area contributed by atoms with Crippen LogP contribution in [0.5, 0.6) is 0 Å². The van der Waals surface area contributed by atoms with E-state index < -0.39 is 0 Å². The van der Waals surface area contributed by atoms with Gasteiger partial charge in [0.15, 0.2) is 5.11 Å². The van der Waals surface area contributed by atoms with Crippen LogP contribution in [0.3, 0.4) is 0 Å². The molecule has 5 heteroatoms. The Bertz CT molecular complexity index is 567. The van der Waals surface area contributed by atoms with Gasteiger partial charge in [0, 0.05) is 36.8 Å². The molecule has 1 aromatic heterocycles. The second kappa shape index (κ2) is 7.26. The van der Waals surface area contributed by atoms with Crippen molar-refractivity contribution in [3.05, 3.63) is 36.0 Å². The minimum absolute atomic E-state index is 0.216. The molecule has 4 nitrogen and oxygen atoms in total. The van der Waals surface area contributed by atoms with Crippen LogP contribution in [0.2, 0.25) is 0 Å². The van der Waals surface area contributed by atoms with Crippen LogP contribution < -0.4 is 10.6 Å². The Hall–Kier alpha value is -1.59. The molecule has 0 saturated carbocycles. The summed E-state index contributed by atoms with van der Waals surface area (Å²) < 4.78 is 5.06. The van der Waals surface area contributed by atoms with Crippen molar-refractivity contribution in [2.45, 2.75) is 19.4 Å². The average molecular weight is 291 g/mol. The molecule has 0 aliphatic rings. The van der Waals surface area contributed by atoms with Gasteiger partial charge in [0.1, 0.15) is 0 Å². The van der Waals surface area contributed by atoms with Crippen molar-refractivity contribution in [2.24, 2.45) is 0 Å². The highest BCUT2D eigenvalue weighted by Gasteiger charge is 2.05. The standard InChI is InChI=1S/C15H21N3OS/c1-11(10-19-2)18-15(20)16-8-7-12-9-17-14-6-4-3-5-13(12)14/h3-6,9,11,17H,7-8,10H2,1-2H3,(H2,16,18,20). The number of para-hydroxylation sites is 1. The van der Waals surface area contributed by atoms with Gasteiger partial charge in [-0.05, 0) is 37.2 Å². The van der Waals surface area contributed by atoms with Gasteiger partial charge in [-0.25, -0.2) is 0 Å². The summed E-state index contributed by atoms with van der Waals surface area (Å²) in [6, 6.07) is 8.54. The number of benzene rings is 1. The van der Waals surface area contributed by atoms with Crippen molar-refractivity contribution in [2.75, 3.05) is 20.3 Å². The zero-order valence-corrected chi connectivity index (χ0v) is 12.7. The van der Waals surface area contributed by atoms with Gasteiger partial charge in [0.25, 0.3) is 0 Å². The average Bonchev–Trinajstić information content (AvgIpc) is 2.82. The van der Waals surface area contributed by atoms with E-state index in [4.69, 9.17) is 17.0 Å². The second-order valence-electron chi connectivity index (χ2n) is 4.87. The van der Waals surface area contributed by atoms with E-state index in [0.29, 0.717) is 11.7 Å². The molecule has 3 N–H and O–H groups in total. The summed E-state index contributed by atoms with van der Waals surface area (Å²) in [5.41, 5.74) is 2.48. The lowest BCUT2D eigenvalue weighted by molar-refractivity contribution is 0.179. The maximum absolute atomic E-state index is 5.25. The summed E-state index contributed by atoms with van der Waals surface area (Å²) in [5.74, 6) is 0. The van der Waals surface area contributed by atoms with E-state index in [0.717, 1.165) is 13.0 Å². The zero-order chi connectivity index (χ0) is 14.4. The second-order valence-corrected chi connectivity index (χ2v) is 5.27. The Balaban J connectivity index is 1.80. The monoisotopic (exact) mass is 291 g/mol. The normalized spacial score (nSPS) is 12.3. The Kier molecular flexibility index (Phi) is 5.38. The van der Waals surface area contributed by atoms with Crippen LogP contribution in [-0.4, -0.2) is 36.4 Å². The number of fused-ring (bicyclic) bond motifs is 1. The third-order valence-corrected chi connectivity index (χ3v) is 3.41. The lowest BCUT2D eigenvalue weighted by Gasteiger charge is -2.15. The van der Waals surface area contributed by atoms with Crippen LogP contribution in [0.4, 0.5) is 0 Å². The van der Waals surface area contributed by atoms with E-state index >= 15 is 0 Å². The molecule has 0 spiro atoms. The van der Waals surface area contributed by atoms with Crippen LogP contribution in [0.25, 0.3) is 10.9 Å². The van der Waals surface area contributed by atoms with Crippen LogP contribution in [-0.2, 0) is 11.2 Å². The van der Waals surface area contributed by atoms with Gasteiger partial charge in [0.2, 0.25) is 0 Å². The van der Waals surface area contributed by atoms with E-state index in [1.54, 1.807) is 7.11 Å². The fourth-order valence-electron chi connectivity index (χ4n) is 2.22. The molecular formula is C15H21N3OS. The lowest BCUT2D eigenvalue weighted by atomic mass is 10.1. The van der Waals surface area contributed by atoms with E-state index in [-0.39, 0.29) is 6.04 Å². The summed E-state index contributed by atoms with van der Waals surface area (Å²) in [6.07, 6.45) is 3.00. The van der Waals surface area contributed by atoms with Crippen molar-refractivity contribution in [3.8, 4) is 0 Å². The van der Waals surface area contributed by atoms with E-state index in [1.165, 1.54) is 16.5 Å². The van der Waals surface area contributed by atoms with Crippen LogP contribution >= 0.6 is 12.2 Å². The summed E-state index contributed by atoms with van der Waals surface area (Å²) >= 11 is 5.25. The summed E-state index contributed by atoms with van der Waals surface area (Å²) in [4.78, 5) is 3.28. The van der Waals surface area contributed by atoms with Gasteiger partial charge >= 0.3 is 0 Å². The summed E-state index contributed by atoms with van der Waals surface area (Å²) in [6.45, 7) is 3.49. The predicted molar refractivity (Wildman–Crippen MR) is 87.1 cm³/mol. The van der Waals surface area contributed by atoms with Crippen LogP contribution in [0.1, 0.15) is 12.5 Å². The number of nitrogens with one attached hydrogen (secondary N) is 3. The molecule has 20 heavy (non-hydrogen) atoms. The number of H-pyrrole nitrogens is 1. The summed E-state index contributed by atoms with van der Waals surface area (Å²) in [7, 11) is 1.69. The first-order valence-electron chi connectivity index (χ1n) is 6.79. The van der Waals surface area contributed by atoms with Gasteiger partial charge < -0.3 is 20.4 Å². The minimum atomic E-state index is 0.216. The van der Waals surface area contributed by atoms with Crippen LogP contribution in [0, 0.1) is 0 Å². The molecular weight excluding hydrogens is 270 g/mol. The third-order valence-electron chi connectivity index (χ3n) is 3.15. The maximum Gasteiger partial charge on any atom is 0.166 e. The first-order valence-corrected chi connectivity index (χ1v) is 7.20. The smallest absolute Gasteiger partial charge is 0.166 e.